The van der Waals surface area contributed by atoms with Gasteiger partial charge in [-0.25, -0.2) is 23.4 Å². The molecule has 14 heteroatoms. The minimum atomic E-state index is -4.01. The zero-order chi connectivity index (χ0) is 25.9. The van der Waals surface area contributed by atoms with Gasteiger partial charge in [-0.1, -0.05) is 18.5 Å². The van der Waals surface area contributed by atoms with E-state index in [1.165, 1.54) is 37.4 Å². The molecule has 0 aromatic carbocycles. The van der Waals surface area contributed by atoms with E-state index in [1.54, 1.807) is 44.4 Å². The second-order valence-electron chi connectivity index (χ2n) is 7.70. The maximum absolute atomic E-state index is 13.5. The van der Waals surface area contributed by atoms with Crippen LogP contribution in [0.1, 0.15) is 25.6 Å². The Labute approximate surface area is 212 Å². The SMILES string of the molecule is COc1ccnc(OC)c1-n1c(NS(=O)(=O)[C@@H](C)[C@H](C)c2ncc(Cl)cn2)nnc1-c1cccnc1. The Hall–Kier alpha value is -3.84. The zero-order valence-corrected chi connectivity index (χ0v) is 21.4. The molecule has 0 amide bonds. The Morgan fingerprint density at radius 2 is 1.75 bits per heavy atom. The Morgan fingerprint density at radius 1 is 1.00 bits per heavy atom. The summed E-state index contributed by atoms with van der Waals surface area (Å²) in [6.07, 6.45) is 7.54. The number of anilines is 1. The first-order valence-electron chi connectivity index (χ1n) is 10.7. The standard InChI is InChI=1S/C22H23ClN8O4S/c1-13(19-26-11-16(23)12-27-19)14(2)36(32,33)30-22-29-28-20(15-6-5-8-24-10-15)31(22)18-17(34-3)7-9-25-21(18)35-4/h5-14H,1-4H3,(H,29,30)/t13-,14-/m0/s1. The molecule has 2 atom stereocenters. The first-order chi connectivity index (χ1) is 17.3. The molecule has 4 heterocycles. The van der Waals surface area contributed by atoms with E-state index in [0.717, 1.165) is 0 Å². The van der Waals surface area contributed by atoms with Gasteiger partial charge in [0.1, 0.15) is 11.6 Å². The smallest absolute Gasteiger partial charge is 0.243 e. The van der Waals surface area contributed by atoms with Crippen molar-refractivity contribution in [1.82, 2.24) is 34.7 Å². The number of aromatic nitrogens is 7. The summed E-state index contributed by atoms with van der Waals surface area (Å²) in [4.78, 5) is 16.7. The van der Waals surface area contributed by atoms with Crippen LogP contribution in [0.15, 0.2) is 49.2 Å². The molecule has 4 aromatic rings. The van der Waals surface area contributed by atoms with Gasteiger partial charge in [-0.2, -0.15) is 0 Å². The number of halogens is 1. The number of nitrogens with one attached hydrogen (secondary N) is 1. The molecule has 0 fully saturated rings. The quantitative estimate of drug-likeness (QED) is 0.342. The van der Waals surface area contributed by atoms with E-state index in [-0.39, 0.29) is 11.8 Å². The van der Waals surface area contributed by atoms with Gasteiger partial charge < -0.3 is 9.47 Å². The van der Waals surface area contributed by atoms with E-state index in [2.05, 4.69) is 34.9 Å². The van der Waals surface area contributed by atoms with Crippen molar-refractivity contribution in [3.63, 3.8) is 0 Å². The molecule has 0 saturated heterocycles. The lowest BCUT2D eigenvalue weighted by molar-refractivity contribution is 0.379. The van der Waals surface area contributed by atoms with E-state index < -0.39 is 21.2 Å². The summed E-state index contributed by atoms with van der Waals surface area (Å²) >= 11 is 5.87. The highest BCUT2D eigenvalue weighted by atomic mass is 35.5. The molecule has 4 aromatic heterocycles. The first kappa shape index (κ1) is 25.3. The Balaban J connectivity index is 1.81. The van der Waals surface area contributed by atoms with Crippen molar-refractivity contribution >= 4 is 27.6 Å². The van der Waals surface area contributed by atoms with Crippen molar-refractivity contribution < 1.29 is 17.9 Å². The average Bonchev–Trinajstić information content (AvgIpc) is 3.30. The third-order valence-corrected chi connectivity index (χ3v) is 7.60. The van der Waals surface area contributed by atoms with Crippen LogP contribution >= 0.6 is 11.6 Å². The number of hydrogen-bond acceptors (Lipinski definition) is 10. The number of ether oxygens (including phenoxy) is 2. The molecular weight excluding hydrogens is 508 g/mol. The average molecular weight is 531 g/mol. The Bertz CT molecular complexity index is 1430. The highest BCUT2D eigenvalue weighted by molar-refractivity contribution is 7.93. The van der Waals surface area contributed by atoms with E-state index in [9.17, 15) is 8.42 Å². The fourth-order valence-corrected chi connectivity index (χ4v) is 4.77. The summed E-state index contributed by atoms with van der Waals surface area (Å²) in [5.41, 5.74) is 0.894. The summed E-state index contributed by atoms with van der Waals surface area (Å²) in [5, 5.41) is 7.79. The minimum absolute atomic E-state index is 0.0884. The largest absolute Gasteiger partial charge is 0.494 e. The highest BCUT2D eigenvalue weighted by Crippen LogP contribution is 2.36. The predicted octanol–water partition coefficient (Wildman–Crippen LogP) is 3.12. The van der Waals surface area contributed by atoms with Gasteiger partial charge in [0, 0.05) is 48.5 Å². The van der Waals surface area contributed by atoms with Crippen molar-refractivity contribution in [1.29, 1.82) is 0 Å². The topological polar surface area (TPSA) is 147 Å². The molecule has 188 valence electrons. The number of nitrogens with zero attached hydrogens (tertiary/aromatic N) is 7. The summed E-state index contributed by atoms with van der Waals surface area (Å²) in [5.74, 6) is 0.530. The molecule has 0 aliphatic heterocycles. The Kier molecular flexibility index (Phi) is 7.31. The van der Waals surface area contributed by atoms with Crippen LogP contribution in [0.4, 0.5) is 5.95 Å². The van der Waals surface area contributed by atoms with Crippen molar-refractivity contribution in [2.75, 3.05) is 18.9 Å². The van der Waals surface area contributed by atoms with Gasteiger partial charge in [-0.05, 0) is 19.1 Å². The normalized spacial score (nSPS) is 13.1. The minimum Gasteiger partial charge on any atom is -0.494 e. The number of hydrogen-bond donors (Lipinski definition) is 1. The van der Waals surface area contributed by atoms with Crippen LogP contribution in [-0.4, -0.2) is 62.6 Å². The molecule has 0 aliphatic carbocycles. The molecule has 0 spiro atoms. The molecule has 1 N–H and O–H groups in total. The van der Waals surface area contributed by atoms with E-state index >= 15 is 0 Å². The summed E-state index contributed by atoms with van der Waals surface area (Å²) < 4.78 is 41.9. The lowest BCUT2D eigenvalue weighted by atomic mass is 10.1. The van der Waals surface area contributed by atoms with Crippen LogP contribution in [0.2, 0.25) is 5.02 Å². The van der Waals surface area contributed by atoms with Crippen LogP contribution in [0, 0.1) is 0 Å². The molecular formula is C22H23ClN8O4S. The molecule has 0 saturated carbocycles. The van der Waals surface area contributed by atoms with Crippen LogP contribution < -0.4 is 14.2 Å². The number of sulfonamides is 1. The number of pyridine rings is 2. The maximum Gasteiger partial charge on any atom is 0.243 e. The molecule has 36 heavy (non-hydrogen) atoms. The molecule has 4 rings (SSSR count). The Morgan fingerprint density at radius 3 is 2.39 bits per heavy atom. The van der Waals surface area contributed by atoms with Crippen LogP contribution in [0.3, 0.4) is 0 Å². The lowest BCUT2D eigenvalue weighted by Gasteiger charge is -2.21. The third-order valence-electron chi connectivity index (χ3n) is 5.55. The van der Waals surface area contributed by atoms with Gasteiger partial charge in [0.15, 0.2) is 11.5 Å². The fraction of sp³-hybridized carbons (Fsp3) is 0.273. The molecule has 0 bridgehead atoms. The van der Waals surface area contributed by atoms with E-state index in [0.29, 0.717) is 33.7 Å². The predicted molar refractivity (Wildman–Crippen MR) is 133 cm³/mol. The van der Waals surface area contributed by atoms with Gasteiger partial charge in [-0.3, -0.25) is 14.3 Å². The summed E-state index contributed by atoms with van der Waals surface area (Å²) in [6.45, 7) is 3.27. The van der Waals surface area contributed by atoms with Crippen LogP contribution in [0.25, 0.3) is 17.1 Å². The van der Waals surface area contributed by atoms with Gasteiger partial charge in [-0.15, -0.1) is 10.2 Å². The van der Waals surface area contributed by atoms with Crippen molar-refractivity contribution in [3.05, 3.63) is 60.0 Å². The van der Waals surface area contributed by atoms with E-state index in [4.69, 9.17) is 21.1 Å². The molecule has 0 radical (unpaired) electrons. The van der Waals surface area contributed by atoms with Crippen LogP contribution in [0.5, 0.6) is 11.6 Å². The fourth-order valence-electron chi connectivity index (χ4n) is 3.44. The first-order valence-corrected chi connectivity index (χ1v) is 12.6. The summed E-state index contributed by atoms with van der Waals surface area (Å²) in [6, 6.07) is 5.11. The maximum atomic E-state index is 13.5. The van der Waals surface area contributed by atoms with E-state index in [1.807, 2.05) is 0 Å². The van der Waals surface area contributed by atoms with Gasteiger partial charge >= 0.3 is 0 Å². The van der Waals surface area contributed by atoms with Gasteiger partial charge in [0.25, 0.3) is 0 Å². The highest BCUT2D eigenvalue weighted by Gasteiger charge is 2.32. The second-order valence-corrected chi connectivity index (χ2v) is 10.2. The third kappa shape index (κ3) is 4.93. The zero-order valence-electron chi connectivity index (χ0n) is 19.8. The molecule has 0 unspecified atom stereocenters. The molecule has 12 nitrogen and oxygen atoms in total. The van der Waals surface area contributed by atoms with Gasteiger partial charge in [0.2, 0.25) is 21.9 Å². The molecule has 0 aliphatic rings. The van der Waals surface area contributed by atoms with Crippen molar-refractivity contribution in [3.8, 4) is 28.7 Å². The number of rotatable bonds is 9. The second kappa shape index (κ2) is 10.4. The lowest BCUT2D eigenvalue weighted by Crippen LogP contribution is -2.31. The van der Waals surface area contributed by atoms with Gasteiger partial charge in [0.05, 0.1) is 24.5 Å². The van der Waals surface area contributed by atoms with Crippen molar-refractivity contribution in [2.45, 2.75) is 25.0 Å². The monoisotopic (exact) mass is 530 g/mol. The van der Waals surface area contributed by atoms with Crippen molar-refractivity contribution in [2.24, 2.45) is 0 Å². The summed E-state index contributed by atoms with van der Waals surface area (Å²) in [7, 11) is -1.09. The van der Waals surface area contributed by atoms with Crippen LogP contribution in [-0.2, 0) is 10.0 Å². The number of methoxy groups -OCH3 is 2.